The summed E-state index contributed by atoms with van der Waals surface area (Å²) in [4.78, 5) is 30.1. The highest BCUT2D eigenvalue weighted by Gasteiger charge is 2.28. The number of nitrogens with zero attached hydrogens (tertiary/aromatic N) is 1. The van der Waals surface area contributed by atoms with Gasteiger partial charge in [-0.3, -0.25) is 14.6 Å². The van der Waals surface area contributed by atoms with Gasteiger partial charge in [-0.25, -0.2) is 0 Å². The van der Waals surface area contributed by atoms with Crippen molar-refractivity contribution in [1.82, 2.24) is 0 Å². The van der Waals surface area contributed by atoms with E-state index in [2.05, 4.69) is 32.2 Å². The van der Waals surface area contributed by atoms with Gasteiger partial charge >= 0.3 is 0 Å². The highest BCUT2D eigenvalue weighted by molar-refractivity contribution is 6.17. The number of carbonyl (C=O) groups excluding carboxylic acids is 2. The first kappa shape index (κ1) is 24.7. The SMILES string of the molecule is CCCCCCCC(=O)Nc1ccc(C(=O)CC2=NC(C)(C)Cc3ccc(OC)cc32)cc1. The Morgan fingerprint density at radius 1 is 1.03 bits per heavy atom. The fourth-order valence-electron chi connectivity index (χ4n) is 4.28. The Kier molecular flexibility index (Phi) is 8.43. The topological polar surface area (TPSA) is 67.8 Å². The third-order valence-corrected chi connectivity index (χ3v) is 6.01. The largest absolute Gasteiger partial charge is 0.497 e. The van der Waals surface area contributed by atoms with E-state index in [9.17, 15) is 9.59 Å². The molecule has 176 valence electrons. The van der Waals surface area contributed by atoms with E-state index in [0.29, 0.717) is 12.0 Å². The van der Waals surface area contributed by atoms with Crippen LogP contribution in [0.1, 0.15) is 87.2 Å². The van der Waals surface area contributed by atoms with Gasteiger partial charge in [0.2, 0.25) is 5.91 Å². The van der Waals surface area contributed by atoms with Crippen molar-refractivity contribution in [2.24, 2.45) is 4.99 Å². The van der Waals surface area contributed by atoms with Crippen molar-refractivity contribution in [2.75, 3.05) is 12.4 Å². The van der Waals surface area contributed by atoms with Gasteiger partial charge in [-0.2, -0.15) is 0 Å². The number of unbranched alkanes of at least 4 members (excludes halogenated alkanes) is 4. The minimum Gasteiger partial charge on any atom is -0.497 e. The van der Waals surface area contributed by atoms with E-state index in [0.717, 1.165) is 42.0 Å². The number of amides is 1. The minimum absolute atomic E-state index is 0.00835. The maximum atomic E-state index is 13.0. The van der Waals surface area contributed by atoms with Crippen LogP contribution in [0.2, 0.25) is 0 Å². The molecule has 1 aliphatic heterocycles. The van der Waals surface area contributed by atoms with Crippen LogP contribution in [0.3, 0.4) is 0 Å². The summed E-state index contributed by atoms with van der Waals surface area (Å²) in [5, 5.41) is 2.93. The molecule has 0 fully saturated rings. The summed E-state index contributed by atoms with van der Waals surface area (Å²) in [6.07, 6.45) is 7.19. The van der Waals surface area contributed by atoms with Crippen molar-refractivity contribution in [2.45, 2.75) is 77.7 Å². The van der Waals surface area contributed by atoms with Crippen molar-refractivity contribution < 1.29 is 14.3 Å². The average molecular weight is 449 g/mol. The van der Waals surface area contributed by atoms with Crippen molar-refractivity contribution in [1.29, 1.82) is 0 Å². The third-order valence-electron chi connectivity index (χ3n) is 6.01. The Morgan fingerprint density at radius 2 is 1.76 bits per heavy atom. The zero-order valence-corrected chi connectivity index (χ0v) is 20.4. The van der Waals surface area contributed by atoms with E-state index in [1.54, 1.807) is 31.4 Å². The summed E-state index contributed by atoms with van der Waals surface area (Å²) in [5.74, 6) is 0.794. The quantitative estimate of drug-likeness (QED) is 0.320. The van der Waals surface area contributed by atoms with E-state index in [-0.39, 0.29) is 23.7 Å². The third kappa shape index (κ3) is 7.01. The zero-order chi connectivity index (χ0) is 23.8. The maximum absolute atomic E-state index is 13.0. The Balaban J connectivity index is 1.63. The lowest BCUT2D eigenvalue weighted by molar-refractivity contribution is -0.116. The standard InChI is InChI=1S/C28H36N2O3/c1-5-6-7-8-9-10-27(32)29-22-14-11-20(12-15-22)26(31)18-25-24-17-23(33-4)16-13-21(24)19-28(2,3)30-25/h11-17H,5-10,18-19H2,1-4H3,(H,29,32). The number of nitrogens with one attached hydrogen (secondary N) is 1. The second-order valence-electron chi connectivity index (χ2n) is 9.46. The molecule has 2 aromatic carbocycles. The number of fused-ring (bicyclic) bond motifs is 1. The lowest BCUT2D eigenvalue weighted by atomic mass is 9.85. The summed E-state index contributed by atoms with van der Waals surface area (Å²) >= 11 is 0. The molecule has 5 heteroatoms. The zero-order valence-electron chi connectivity index (χ0n) is 20.4. The number of rotatable bonds is 11. The van der Waals surface area contributed by atoms with E-state index >= 15 is 0 Å². The van der Waals surface area contributed by atoms with Gasteiger partial charge < -0.3 is 10.1 Å². The molecular formula is C28H36N2O3. The lowest BCUT2D eigenvalue weighted by Gasteiger charge is -2.29. The molecule has 0 saturated heterocycles. The highest BCUT2D eigenvalue weighted by Crippen LogP contribution is 2.31. The molecule has 5 nitrogen and oxygen atoms in total. The Bertz CT molecular complexity index is 1010. The fraction of sp³-hybridized carbons (Fsp3) is 0.464. The second kappa shape index (κ2) is 11.3. The maximum Gasteiger partial charge on any atom is 0.224 e. The molecule has 3 rings (SSSR count). The van der Waals surface area contributed by atoms with Gasteiger partial charge in [0.15, 0.2) is 5.78 Å². The van der Waals surface area contributed by atoms with Crippen LogP contribution >= 0.6 is 0 Å². The van der Waals surface area contributed by atoms with Crippen LogP contribution in [-0.4, -0.2) is 30.1 Å². The number of anilines is 1. The summed E-state index contributed by atoms with van der Waals surface area (Å²) in [7, 11) is 1.64. The molecule has 0 aromatic heterocycles. The molecule has 0 bridgehead atoms. The second-order valence-corrected chi connectivity index (χ2v) is 9.46. The van der Waals surface area contributed by atoms with E-state index in [1.165, 1.54) is 24.8 Å². The molecule has 0 atom stereocenters. The number of hydrogen-bond donors (Lipinski definition) is 1. The highest BCUT2D eigenvalue weighted by atomic mass is 16.5. The Labute approximate surface area is 197 Å². The minimum atomic E-state index is -0.248. The fourth-order valence-corrected chi connectivity index (χ4v) is 4.28. The molecule has 0 spiro atoms. The van der Waals surface area contributed by atoms with Gasteiger partial charge in [0, 0.05) is 23.2 Å². The number of hydrogen-bond acceptors (Lipinski definition) is 4. The Morgan fingerprint density at radius 3 is 2.45 bits per heavy atom. The molecule has 0 saturated carbocycles. The predicted molar refractivity (Wildman–Crippen MR) is 135 cm³/mol. The van der Waals surface area contributed by atoms with Gasteiger partial charge in [0.05, 0.1) is 24.8 Å². The van der Waals surface area contributed by atoms with Gasteiger partial charge in [-0.05, 0) is 68.7 Å². The molecule has 33 heavy (non-hydrogen) atoms. The van der Waals surface area contributed by atoms with E-state index in [1.807, 2.05) is 12.1 Å². The number of carbonyl (C=O) groups is 2. The van der Waals surface area contributed by atoms with Crippen LogP contribution in [0.5, 0.6) is 5.75 Å². The van der Waals surface area contributed by atoms with Gasteiger partial charge in [-0.15, -0.1) is 0 Å². The number of aliphatic imine (C=N–C) groups is 1. The molecule has 0 radical (unpaired) electrons. The number of benzene rings is 2. The first-order chi connectivity index (χ1) is 15.8. The number of methoxy groups -OCH3 is 1. The Hall–Kier alpha value is -2.95. The monoisotopic (exact) mass is 448 g/mol. The van der Waals surface area contributed by atoms with Crippen LogP contribution in [-0.2, 0) is 11.2 Å². The predicted octanol–water partition coefficient (Wildman–Crippen LogP) is 6.39. The van der Waals surface area contributed by atoms with Gasteiger partial charge in [-0.1, -0.05) is 38.7 Å². The van der Waals surface area contributed by atoms with E-state index in [4.69, 9.17) is 9.73 Å². The summed E-state index contributed by atoms with van der Waals surface area (Å²) in [6, 6.07) is 13.1. The summed E-state index contributed by atoms with van der Waals surface area (Å²) < 4.78 is 5.38. The van der Waals surface area contributed by atoms with Crippen molar-refractivity contribution in [3.8, 4) is 5.75 Å². The molecule has 1 amide bonds. The van der Waals surface area contributed by atoms with Crippen molar-refractivity contribution >= 4 is 23.1 Å². The molecule has 1 heterocycles. The van der Waals surface area contributed by atoms with Crippen molar-refractivity contribution in [3.63, 3.8) is 0 Å². The van der Waals surface area contributed by atoms with Crippen molar-refractivity contribution in [3.05, 3.63) is 59.2 Å². The number of ether oxygens (including phenoxy) is 1. The molecule has 2 aromatic rings. The number of Topliss-reactive ketones (excluding diaryl/α,β-unsaturated/α-hetero) is 1. The first-order valence-corrected chi connectivity index (χ1v) is 12.0. The van der Waals surface area contributed by atoms with Gasteiger partial charge in [0.1, 0.15) is 5.75 Å². The first-order valence-electron chi connectivity index (χ1n) is 12.0. The van der Waals surface area contributed by atoms with Crippen LogP contribution < -0.4 is 10.1 Å². The lowest BCUT2D eigenvalue weighted by Crippen LogP contribution is -2.30. The average Bonchev–Trinajstić information content (AvgIpc) is 2.78. The van der Waals surface area contributed by atoms with Crippen LogP contribution in [0.25, 0.3) is 0 Å². The van der Waals surface area contributed by atoms with Crippen LogP contribution in [0, 0.1) is 0 Å². The molecule has 1 N–H and O–H groups in total. The summed E-state index contributed by atoms with van der Waals surface area (Å²) in [5.41, 5.74) is 4.06. The molecule has 0 unspecified atom stereocenters. The normalized spacial score (nSPS) is 14.2. The molecule has 0 aliphatic carbocycles. The van der Waals surface area contributed by atoms with Gasteiger partial charge in [0.25, 0.3) is 0 Å². The van der Waals surface area contributed by atoms with E-state index < -0.39 is 0 Å². The molecular weight excluding hydrogens is 412 g/mol. The molecule has 1 aliphatic rings. The van der Waals surface area contributed by atoms with Crippen LogP contribution in [0.4, 0.5) is 5.69 Å². The summed E-state index contributed by atoms with van der Waals surface area (Å²) in [6.45, 7) is 6.36. The smallest absolute Gasteiger partial charge is 0.224 e. The number of ketones is 1. The van der Waals surface area contributed by atoms with Crippen LogP contribution in [0.15, 0.2) is 47.5 Å².